The van der Waals surface area contributed by atoms with E-state index in [0.29, 0.717) is 5.19 Å². The van der Waals surface area contributed by atoms with Crippen LogP contribution in [0.15, 0.2) is 25.3 Å². The number of nitrogens with zero attached hydrogens (tertiary/aromatic N) is 4. The molecule has 0 radical (unpaired) electrons. The van der Waals surface area contributed by atoms with Gasteiger partial charge in [0.15, 0.2) is 0 Å². The lowest BCUT2D eigenvalue weighted by atomic mass is 10.4. The molecule has 0 amide bonds. The molecule has 0 atom stereocenters. The molecule has 1 N–H and O–H groups in total. The molecule has 0 saturated carbocycles. The van der Waals surface area contributed by atoms with Gasteiger partial charge < -0.3 is 19.4 Å². The Kier molecular flexibility index (Phi) is 12.4. The molecule has 122 valence electrons. The Bertz CT molecular complexity index is 499. The SMILES string of the molecule is C=Cn1ccnc1.CC=O.CCCCOc1nnc(NC)s1. The van der Waals surface area contributed by atoms with Crippen molar-refractivity contribution in [3.8, 4) is 5.19 Å². The average Bonchev–Trinajstić information content (AvgIpc) is 3.20. The zero-order chi connectivity index (χ0) is 16.6. The van der Waals surface area contributed by atoms with Crippen LogP contribution in [0.2, 0.25) is 0 Å². The Balaban J connectivity index is 0.000000372. The van der Waals surface area contributed by atoms with Gasteiger partial charge in [-0.05, 0) is 24.7 Å². The summed E-state index contributed by atoms with van der Waals surface area (Å²) in [5, 5.41) is 12.0. The maximum Gasteiger partial charge on any atom is 0.295 e. The second-order valence-electron chi connectivity index (χ2n) is 3.75. The van der Waals surface area contributed by atoms with E-state index in [1.165, 1.54) is 18.3 Å². The van der Waals surface area contributed by atoms with Gasteiger partial charge in [-0.1, -0.05) is 25.0 Å². The zero-order valence-electron chi connectivity index (χ0n) is 13.2. The first-order valence-electron chi connectivity index (χ1n) is 6.85. The summed E-state index contributed by atoms with van der Waals surface area (Å²) in [6, 6.07) is 0. The molecule has 7 nitrogen and oxygen atoms in total. The van der Waals surface area contributed by atoms with E-state index in [0.717, 1.165) is 30.9 Å². The molecule has 0 aliphatic heterocycles. The normalized spacial score (nSPS) is 8.68. The Morgan fingerprint density at radius 2 is 2.23 bits per heavy atom. The molecule has 0 spiro atoms. The molecule has 0 unspecified atom stereocenters. The van der Waals surface area contributed by atoms with Gasteiger partial charge in [0.2, 0.25) is 5.13 Å². The van der Waals surface area contributed by atoms with Crippen LogP contribution in [0.1, 0.15) is 26.7 Å². The van der Waals surface area contributed by atoms with E-state index in [9.17, 15) is 0 Å². The van der Waals surface area contributed by atoms with Crippen LogP contribution < -0.4 is 10.1 Å². The van der Waals surface area contributed by atoms with Gasteiger partial charge in [-0.2, -0.15) is 0 Å². The minimum Gasteiger partial charge on any atom is -0.469 e. The summed E-state index contributed by atoms with van der Waals surface area (Å²) in [4.78, 5) is 12.6. The van der Waals surface area contributed by atoms with Crippen molar-refractivity contribution >= 4 is 29.0 Å². The second-order valence-corrected chi connectivity index (χ2v) is 4.69. The van der Waals surface area contributed by atoms with E-state index < -0.39 is 0 Å². The summed E-state index contributed by atoms with van der Waals surface area (Å²) in [6.07, 6.45) is 9.86. The Hall–Kier alpha value is -2.22. The summed E-state index contributed by atoms with van der Waals surface area (Å²) in [6.45, 7) is 7.83. The van der Waals surface area contributed by atoms with Crippen LogP contribution in [0.4, 0.5) is 5.13 Å². The number of nitrogens with one attached hydrogen (secondary N) is 1. The first-order valence-corrected chi connectivity index (χ1v) is 7.67. The minimum atomic E-state index is 0.646. The maximum atomic E-state index is 8.81. The standard InChI is InChI=1S/C7H13N3OS.C5H6N2.C2H4O/c1-3-4-5-11-7-10-9-6(8-2)12-7;1-2-7-4-3-6-5-7;1-2-3/h3-5H2,1-2H3,(H,8,9);2-5H,1H2;2H,1H3. The van der Waals surface area contributed by atoms with E-state index in [1.54, 1.807) is 23.3 Å². The predicted octanol–water partition coefficient (Wildman–Crippen LogP) is 2.95. The molecule has 2 aromatic rings. The summed E-state index contributed by atoms with van der Waals surface area (Å²) in [5.74, 6) is 0. The highest BCUT2D eigenvalue weighted by atomic mass is 32.1. The first-order chi connectivity index (χ1) is 10.7. The highest BCUT2D eigenvalue weighted by Crippen LogP contribution is 2.21. The molecule has 22 heavy (non-hydrogen) atoms. The average molecular weight is 325 g/mol. The monoisotopic (exact) mass is 325 g/mol. The van der Waals surface area contributed by atoms with Crippen LogP contribution in [0.5, 0.6) is 5.19 Å². The molecule has 2 aromatic heterocycles. The fraction of sp³-hybridized carbons (Fsp3) is 0.429. The van der Waals surface area contributed by atoms with Gasteiger partial charge in [-0.3, -0.25) is 0 Å². The molecule has 8 heteroatoms. The number of anilines is 1. The van der Waals surface area contributed by atoms with Crippen molar-refractivity contribution in [2.75, 3.05) is 19.0 Å². The number of imidazole rings is 1. The Morgan fingerprint density at radius 1 is 1.50 bits per heavy atom. The van der Waals surface area contributed by atoms with Crippen LogP contribution >= 0.6 is 11.3 Å². The van der Waals surface area contributed by atoms with Crippen LogP contribution in [0.25, 0.3) is 6.20 Å². The van der Waals surface area contributed by atoms with Crippen LogP contribution in [-0.4, -0.2) is 39.7 Å². The summed E-state index contributed by atoms with van der Waals surface area (Å²) in [7, 11) is 1.82. The first kappa shape index (κ1) is 19.8. The molecule has 2 heterocycles. The van der Waals surface area contributed by atoms with E-state index in [2.05, 4.69) is 34.0 Å². The third kappa shape index (κ3) is 9.65. The quantitative estimate of drug-likeness (QED) is 0.649. The topological polar surface area (TPSA) is 81.9 Å². The highest BCUT2D eigenvalue weighted by molar-refractivity contribution is 7.16. The smallest absolute Gasteiger partial charge is 0.295 e. The van der Waals surface area contributed by atoms with Crippen LogP contribution in [-0.2, 0) is 4.79 Å². The summed E-state index contributed by atoms with van der Waals surface area (Å²) in [5.41, 5.74) is 0. The molecule has 0 aromatic carbocycles. The maximum absolute atomic E-state index is 8.81. The Labute approximate surface area is 135 Å². The summed E-state index contributed by atoms with van der Waals surface area (Å²) < 4.78 is 7.11. The number of carbonyl (C=O) groups excluding carboxylic acids is 1. The van der Waals surface area contributed by atoms with Gasteiger partial charge in [-0.25, -0.2) is 4.98 Å². The largest absolute Gasteiger partial charge is 0.469 e. The zero-order valence-corrected chi connectivity index (χ0v) is 14.0. The molecular formula is C14H23N5O2S. The number of ether oxygens (including phenoxy) is 1. The van der Waals surface area contributed by atoms with Gasteiger partial charge >= 0.3 is 0 Å². The number of hydrogen-bond acceptors (Lipinski definition) is 7. The molecule has 0 aliphatic carbocycles. The number of rotatable bonds is 6. The van der Waals surface area contributed by atoms with Crippen molar-refractivity contribution in [1.29, 1.82) is 0 Å². The number of hydrogen-bond donors (Lipinski definition) is 1. The molecule has 0 fully saturated rings. The lowest BCUT2D eigenvalue weighted by Crippen LogP contribution is -1.95. The fourth-order valence-electron chi connectivity index (χ4n) is 1.05. The fourth-order valence-corrected chi connectivity index (χ4v) is 1.62. The van der Waals surface area contributed by atoms with Crippen molar-refractivity contribution in [3.05, 3.63) is 25.3 Å². The molecule has 0 aliphatic rings. The molecule has 0 saturated heterocycles. The molecular weight excluding hydrogens is 302 g/mol. The van der Waals surface area contributed by atoms with Gasteiger partial charge in [0.25, 0.3) is 5.19 Å². The number of aldehydes is 1. The lowest BCUT2D eigenvalue weighted by Gasteiger charge is -1.97. The van der Waals surface area contributed by atoms with Gasteiger partial charge in [0.05, 0.1) is 12.9 Å². The van der Waals surface area contributed by atoms with Gasteiger partial charge in [-0.15, -0.1) is 5.10 Å². The molecule has 2 rings (SSSR count). The van der Waals surface area contributed by atoms with Gasteiger partial charge in [0.1, 0.15) is 6.29 Å². The predicted molar refractivity (Wildman–Crippen MR) is 90.2 cm³/mol. The molecule has 0 bridgehead atoms. The van der Waals surface area contributed by atoms with E-state index in [1.807, 2.05) is 13.2 Å². The van der Waals surface area contributed by atoms with Gasteiger partial charge in [0, 0.05) is 25.6 Å². The van der Waals surface area contributed by atoms with Crippen LogP contribution in [0, 0.1) is 0 Å². The van der Waals surface area contributed by atoms with Crippen molar-refractivity contribution in [3.63, 3.8) is 0 Å². The highest BCUT2D eigenvalue weighted by Gasteiger charge is 2.01. The number of carbonyl (C=O) groups is 1. The van der Waals surface area contributed by atoms with E-state index in [-0.39, 0.29) is 0 Å². The number of aromatic nitrogens is 4. The van der Waals surface area contributed by atoms with Crippen molar-refractivity contribution in [1.82, 2.24) is 19.7 Å². The third-order valence-electron chi connectivity index (χ3n) is 2.08. The number of unbranched alkanes of at least 4 members (excludes halogenated alkanes) is 1. The lowest BCUT2D eigenvalue weighted by molar-refractivity contribution is -0.106. The van der Waals surface area contributed by atoms with Crippen molar-refractivity contribution in [2.45, 2.75) is 26.7 Å². The summed E-state index contributed by atoms with van der Waals surface area (Å²) >= 11 is 1.43. The van der Waals surface area contributed by atoms with Crippen molar-refractivity contribution < 1.29 is 9.53 Å². The minimum absolute atomic E-state index is 0.646. The van der Waals surface area contributed by atoms with E-state index in [4.69, 9.17) is 9.53 Å². The van der Waals surface area contributed by atoms with Crippen molar-refractivity contribution in [2.24, 2.45) is 0 Å². The third-order valence-corrected chi connectivity index (χ3v) is 2.93. The van der Waals surface area contributed by atoms with Crippen LogP contribution in [0.3, 0.4) is 0 Å². The Morgan fingerprint density at radius 3 is 2.64 bits per heavy atom. The second kappa shape index (κ2) is 13.7. The van der Waals surface area contributed by atoms with E-state index >= 15 is 0 Å².